The summed E-state index contributed by atoms with van der Waals surface area (Å²) in [5, 5.41) is 5.54. The van der Waals surface area contributed by atoms with Crippen LogP contribution in [-0.4, -0.2) is 37.1 Å². The third kappa shape index (κ3) is 5.61. The van der Waals surface area contributed by atoms with Crippen LogP contribution >= 0.6 is 0 Å². The summed E-state index contributed by atoms with van der Waals surface area (Å²) in [4.78, 5) is 56.6. The summed E-state index contributed by atoms with van der Waals surface area (Å²) >= 11 is 0. The zero-order valence-electron chi connectivity index (χ0n) is 19.9. The number of H-pyrrole nitrogens is 1. The van der Waals surface area contributed by atoms with Gasteiger partial charge in [-0.05, 0) is 43.9 Å². The average molecular weight is 483 g/mol. The second-order valence-corrected chi connectivity index (χ2v) is 8.65. The van der Waals surface area contributed by atoms with Crippen LogP contribution in [0.15, 0.2) is 33.9 Å². The second-order valence-electron chi connectivity index (χ2n) is 8.65. The van der Waals surface area contributed by atoms with Crippen molar-refractivity contribution in [2.75, 3.05) is 5.32 Å². The van der Waals surface area contributed by atoms with Gasteiger partial charge in [-0.15, -0.1) is 0 Å². The maximum Gasteiger partial charge on any atom is 0.338 e. The lowest BCUT2D eigenvalue weighted by atomic mass is 10.2. The van der Waals surface area contributed by atoms with Crippen LogP contribution in [0, 0.1) is 0 Å². The quantitative estimate of drug-likeness (QED) is 0.380. The van der Waals surface area contributed by atoms with E-state index in [-0.39, 0.29) is 24.2 Å². The van der Waals surface area contributed by atoms with Gasteiger partial charge >= 0.3 is 17.7 Å². The molecule has 3 N–H and O–H groups in total. The lowest BCUT2D eigenvalue weighted by Crippen LogP contribution is -2.31. The summed E-state index contributed by atoms with van der Waals surface area (Å²) in [6.07, 6.45) is 4.31. The topological polar surface area (TPSA) is 140 Å². The number of esters is 1. The van der Waals surface area contributed by atoms with E-state index in [0.717, 1.165) is 32.1 Å². The van der Waals surface area contributed by atoms with Crippen molar-refractivity contribution < 1.29 is 14.3 Å². The molecule has 3 aromatic rings. The molecule has 2 amide bonds. The number of nitrogens with one attached hydrogen (secondary N) is 3. The molecule has 0 radical (unpaired) electrons. The lowest BCUT2D eigenvalue weighted by molar-refractivity contribution is 0.0458. The number of imidazole rings is 1. The van der Waals surface area contributed by atoms with Gasteiger partial charge in [0.15, 0.2) is 11.2 Å². The predicted octanol–water partition coefficient (Wildman–Crippen LogP) is 2.74. The third-order valence-corrected chi connectivity index (χ3v) is 5.75. The zero-order valence-corrected chi connectivity index (χ0v) is 19.9. The van der Waals surface area contributed by atoms with Crippen LogP contribution in [0.2, 0.25) is 0 Å². The summed E-state index contributed by atoms with van der Waals surface area (Å²) in [6, 6.07) is 6.38. The van der Waals surface area contributed by atoms with E-state index in [1.54, 1.807) is 22.8 Å². The van der Waals surface area contributed by atoms with Gasteiger partial charge in [0.2, 0.25) is 0 Å². The highest BCUT2D eigenvalue weighted by atomic mass is 16.5. The normalized spacial score (nSPS) is 13.1. The number of fused-ring (bicyclic) bond motifs is 1. The minimum Gasteiger partial charge on any atom is -0.454 e. The van der Waals surface area contributed by atoms with Crippen molar-refractivity contribution >= 4 is 28.9 Å². The maximum atomic E-state index is 12.7. The molecule has 2 aromatic heterocycles. The number of carbonyl (C=O) groups is 2. The number of hydrogen-bond acceptors (Lipinski definition) is 6. The van der Waals surface area contributed by atoms with Crippen molar-refractivity contribution in [3.05, 3.63) is 56.5 Å². The Morgan fingerprint density at radius 3 is 2.66 bits per heavy atom. The van der Waals surface area contributed by atoms with Gasteiger partial charge in [0.25, 0.3) is 5.56 Å². The van der Waals surface area contributed by atoms with Crippen molar-refractivity contribution in [3.8, 4) is 0 Å². The average Bonchev–Trinajstić information content (AvgIpc) is 3.56. The lowest BCUT2D eigenvalue weighted by Gasteiger charge is -2.10. The van der Waals surface area contributed by atoms with Crippen molar-refractivity contribution in [1.82, 2.24) is 24.4 Å². The summed E-state index contributed by atoms with van der Waals surface area (Å²) in [6.45, 7) is 4.71. The van der Waals surface area contributed by atoms with E-state index < -0.39 is 17.2 Å². The fourth-order valence-electron chi connectivity index (χ4n) is 3.83. The van der Waals surface area contributed by atoms with E-state index >= 15 is 0 Å². The van der Waals surface area contributed by atoms with Gasteiger partial charge in [0.05, 0.1) is 5.56 Å². The standard InChI is InChI=1S/C24H30N6O5/c1-3-5-12-30-20-19(21(31)28-24(30)34)29(11-4-2)18(27-20)14-35-22(32)15-7-6-8-17(13-15)26-23(33)25-16-9-10-16/h6-8,13,16H,3-5,9-12,14H2,1-2H3,(H2,25,26,33)(H,28,31,34). The van der Waals surface area contributed by atoms with E-state index in [1.807, 2.05) is 13.8 Å². The summed E-state index contributed by atoms with van der Waals surface area (Å²) in [7, 11) is 0. The molecule has 4 rings (SSSR count). The third-order valence-electron chi connectivity index (χ3n) is 5.75. The molecule has 0 saturated heterocycles. The number of unbranched alkanes of at least 4 members (excludes halogenated alkanes) is 1. The van der Waals surface area contributed by atoms with E-state index in [0.29, 0.717) is 35.8 Å². The molecule has 186 valence electrons. The Hall–Kier alpha value is -3.89. The van der Waals surface area contributed by atoms with Gasteiger partial charge in [-0.1, -0.05) is 26.3 Å². The molecule has 35 heavy (non-hydrogen) atoms. The van der Waals surface area contributed by atoms with E-state index in [2.05, 4.69) is 20.6 Å². The SMILES string of the molecule is CCCCn1c(=O)[nH]c(=O)c2c1nc(COC(=O)c1cccc(NC(=O)NC3CC3)c1)n2CCC. The fourth-order valence-corrected chi connectivity index (χ4v) is 3.83. The molecule has 0 bridgehead atoms. The zero-order chi connectivity index (χ0) is 24.9. The van der Waals surface area contributed by atoms with Crippen LogP contribution in [-0.2, 0) is 24.4 Å². The van der Waals surface area contributed by atoms with Crippen molar-refractivity contribution in [2.24, 2.45) is 0 Å². The Morgan fingerprint density at radius 2 is 1.94 bits per heavy atom. The fraction of sp³-hybridized carbons (Fsp3) is 0.458. The molecule has 11 nitrogen and oxygen atoms in total. The Balaban J connectivity index is 1.55. The van der Waals surface area contributed by atoms with E-state index in [1.165, 1.54) is 10.6 Å². The van der Waals surface area contributed by atoms with Crippen LogP contribution in [0.1, 0.15) is 62.1 Å². The first-order valence-corrected chi connectivity index (χ1v) is 12.0. The molecule has 0 unspecified atom stereocenters. The number of urea groups is 1. The van der Waals surface area contributed by atoms with Crippen LogP contribution in [0.3, 0.4) is 0 Å². The Kier molecular flexibility index (Phi) is 7.33. The number of hydrogen-bond donors (Lipinski definition) is 3. The number of ether oxygens (including phenoxy) is 1. The number of aryl methyl sites for hydroxylation is 2. The molecule has 0 atom stereocenters. The van der Waals surface area contributed by atoms with Gasteiger partial charge in [-0.25, -0.2) is 19.4 Å². The minimum absolute atomic E-state index is 0.172. The number of carbonyl (C=O) groups excluding carboxylic acids is 2. The number of rotatable bonds is 10. The van der Waals surface area contributed by atoms with Crippen LogP contribution in [0.25, 0.3) is 11.2 Å². The number of nitrogens with zero attached hydrogens (tertiary/aromatic N) is 3. The van der Waals surface area contributed by atoms with Crippen LogP contribution in [0.5, 0.6) is 0 Å². The molecule has 1 aromatic carbocycles. The molecule has 2 heterocycles. The number of benzene rings is 1. The summed E-state index contributed by atoms with van der Waals surface area (Å²) in [5.74, 6) is -0.210. The number of amides is 2. The molecule has 1 aliphatic carbocycles. The second kappa shape index (κ2) is 10.6. The monoisotopic (exact) mass is 482 g/mol. The molecular weight excluding hydrogens is 452 g/mol. The van der Waals surface area contributed by atoms with Crippen LogP contribution < -0.4 is 21.9 Å². The maximum absolute atomic E-state index is 12.7. The van der Waals surface area contributed by atoms with E-state index in [9.17, 15) is 19.2 Å². The van der Waals surface area contributed by atoms with Gasteiger partial charge < -0.3 is 19.9 Å². The van der Waals surface area contributed by atoms with E-state index in [4.69, 9.17) is 4.74 Å². The minimum atomic E-state index is -0.594. The Morgan fingerprint density at radius 1 is 1.14 bits per heavy atom. The molecule has 1 saturated carbocycles. The van der Waals surface area contributed by atoms with Gasteiger partial charge in [0.1, 0.15) is 12.4 Å². The molecule has 0 spiro atoms. The van der Waals surface area contributed by atoms with Gasteiger partial charge in [-0.2, -0.15) is 0 Å². The Bertz CT molecular complexity index is 1350. The first-order chi connectivity index (χ1) is 16.9. The molecular formula is C24H30N6O5. The first kappa shape index (κ1) is 24.2. The van der Waals surface area contributed by atoms with Crippen molar-refractivity contribution in [3.63, 3.8) is 0 Å². The molecule has 0 aliphatic heterocycles. The number of aromatic amines is 1. The predicted molar refractivity (Wildman–Crippen MR) is 131 cm³/mol. The number of aromatic nitrogens is 4. The highest BCUT2D eigenvalue weighted by molar-refractivity contribution is 5.94. The molecule has 11 heteroatoms. The number of anilines is 1. The largest absolute Gasteiger partial charge is 0.454 e. The van der Waals surface area contributed by atoms with Crippen molar-refractivity contribution in [1.29, 1.82) is 0 Å². The first-order valence-electron chi connectivity index (χ1n) is 12.0. The Labute approximate surface area is 201 Å². The summed E-state index contributed by atoms with van der Waals surface area (Å²) in [5.41, 5.74) is 0.309. The molecule has 1 aliphatic rings. The van der Waals surface area contributed by atoms with Crippen molar-refractivity contribution in [2.45, 2.75) is 71.7 Å². The highest BCUT2D eigenvalue weighted by Gasteiger charge is 2.23. The molecule has 1 fully saturated rings. The van der Waals surface area contributed by atoms with Gasteiger partial charge in [0, 0.05) is 24.8 Å². The smallest absolute Gasteiger partial charge is 0.338 e. The van der Waals surface area contributed by atoms with Crippen LogP contribution in [0.4, 0.5) is 10.5 Å². The van der Waals surface area contributed by atoms with Gasteiger partial charge in [-0.3, -0.25) is 14.3 Å². The summed E-state index contributed by atoms with van der Waals surface area (Å²) < 4.78 is 8.66. The highest BCUT2D eigenvalue weighted by Crippen LogP contribution is 2.19.